The molecule has 2 aliphatic rings. The van der Waals surface area contributed by atoms with Crippen LogP contribution in [-0.4, -0.2) is 34.7 Å². The van der Waals surface area contributed by atoms with E-state index in [9.17, 15) is 14.4 Å². The van der Waals surface area contributed by atoms with Gasteiger partial charge in [0.1, 0.15) is 6.04 Å². The quantitative estimate of drug-likeness (QED) is 0.644. The number of amides is 3. The van der Waals surface area contributed by atoms with E-state index < -0.39 is 12.0 Å². The number of benzene rings is 2. The molecule has 1 fully saturated rings. The molecule has 1 aliphatic carbocycles. The zero-order valence-electron chi connectivity index (χ0n) is 20.4. The second kappa shape index (κ2) is 10.4. The Morgan fingerprint density at radius 3 is 2.38 bits per heavy atom. The number of para-hydroxylation sites is 1. The first-order valence-electron chi connectivity index (χ1n) is 12.6. The summed E-state index contributed by atoms with van der Waals surface area (Å²) in [6.45, 7) is 5.63. The molecule has 3 amide bonds. The van der Waals surface area contributed by atoms with Crippen LogP contribution in [0.3, 0.4) is 0 Å². The van der Waals surface area contributed by atoms with Crippen LogP contribution in [-0.2, 0) is 14.4 Å². The second-order valence-electron chi connectivity index (χ2n) is 9.49. The van der Waals surface area contributed by atoms with E-state index >= 15 is 0 Å². The average molecular weight is 462 g/mol. The molecular weight excluding hydrogens is 426 g/mol. The average Bonchev–Trinajstić information content (AvgIpc) is 2.95. The van der Waals surface area contributed by atoms with Crippen LogP contribution in [0.25, 0.3) is 11.1 Å². The topological polar surface area (TPSA) is 69.7 Å². The third-order valence-corrected chi connectivity index (χ3v) is 7.19. The van der Waals surface area contributed by atoms with Gasteiger partial charge in [-0.1, -0.05) is 68.7 Å². The fourth-order valence-corrected chi connectivity index (χ4v) is 5.34. The van der Waals surface area contributed by atoms with Gasteiger partial charge in [-0.2, -0.15) is 0 Å². The lowest BCUT2D eigenvalue weighted by Crippen LogP contribution is -2.57. The zero-order chi connectivity index (χ0) is 24.2. The Kier molecular flexibility index (Phi) is 7.35. The standard InChI is InChI=1S/C28H35N3O3/c1-4-12-26(32)30(21-13-6-5-7-14-21)20(3)27(33)29-31-25-18-11-10-17-24(25)23-16-9-8-15-22(23)19(2)28(31)34/h8-11,15-21H,4-7,12-14H2,1-3H3,(H,29,33)/t19?,20-/m0/s1. The molecule has 0 bridgehead atoms. The number of hydrogen-bond acceptors (Lipinski definition) is 3. The van der Waals surface area contributed by atoms with Gasteiger partial charge >= 0.3 is 0 Å². The van der Waals surface area contributed by atoms with Crippen molar-refractivity contribution in [2.45, 2.75) is 83.7 Å². The summed E-state index contributed by atoms with van der Waals surface area (Å²) in [5, 5.41) is 1.39. The van der Waals surface area contributed by atoms with E-state index in [0.29, 0.717) is 12.1 Å². The number of carbonyl (C=O) groups excluding carboxylic acids is 3. The summed E-state index contributed by atoms with van der Waals surface area (Å²) in [5.74, 6) is -0.936. The van der Waals surface area contributed by atoms with E-state index in [-0.39, 0.29) is 23.8 Å². The Bertz CT molecular complexity index is 1060. The molecule has 2 aromatic rings. The molecule has 6 nitrogen and oxygen atoms in total. The van der Waals surface area contributed by atoms with Crippen LogP contribution in [0.15, 0.2) is 48.5 Å². The Labute approximate surface area is 202 Å². The van der Waals surface area contributed by atoms with Crippen LogP contribution in [0.5, 0.6) is 0 Å². The summed E-state index contributed by atoms with van der Waals surface area (Å²) in [4.78, 5) is 42.0. The molecule has 1 unspecified atom stereocenters. The van der Waals surface area contributed by atoms with Crippen LogP contribution in [0.1, 0.15) is 77.2 Å². The molecule has 1 saturated carbocycles. The zero-order valence-corrected chi connectivity index (χ0v) is 20.4. The van der Waals surface area contributed by atoms with Crippen molar-refractivity contribution in [1.82, 2.24) is 10.3 Å². The van der Waals surface area contributed by atoms with Crippen molar-refractivity contribution in [2.24, 2.45) is 0 Å². The van der Waals surface area contributed by atoms with Gasteiger partial charge in [0.25, 0.3) is 11.8 Å². The number of nitrogens with zero attached hydrogens (tertiary/aromatic N) is 2. The highest BCUT2D eigenvalue weighted by molar-refractivity contribution is 6.06. The van der Waals surface area contributed by atoms with E-state index in [1.165, 1.54) is 11.4 Å². The van der Waals surface area contributed by atoms with Crippen LogP contribution >= 0.6 is 0 Å². The number of fused-ring (bicyclic) bond motifs is 3. The molecule has 0 aromatic heterocycles. The molecule has 0 spiro atoms. The van der Waals surface area contributed by atoms with Gasteiger partial charge in [-0.15, -0.1) is 0 Å². The lowest BCUT2D eigenvalue weighted by molar-refractivity contribution is -0.143. The molecule has 0 saturated heterocycles. The second-order valence-corrected chi connectivity index (χ2v) is 9.49. The Hall–Kier alpha value is -3.15. The number of hydrogen-bond donors (Lipinski definition) is 1. The molecule has 2 atom stereocenters. The first-order chi connectivity index (χ1) is 16.4. The number of anilines is 1. The monoisotopic (exact) mass is 461 g/mol. The summed E-state index contributed by atoms with van der Waals surface area (Å²) >= 11 is 0. The highest BCUT2D eigenvalue weighted by Gasteiger charge is 2.36. The molecule has 1 aliphatic heterocycles. The van der Waals surface area contributed by atoms with Crippen molar-refractivity contribution >= 4 is 23.4 Å². The van der Waals surface area contributed by atoms with Crippen molar-refractivity contribution in [3.63, 3.8) is 0 Å². The Balaban J connectivity index is 1.64. The van der Waals surface area contributed by atoms with Gasteiger partial charge in [-0.25, -0.2) is 5.01 Å². The van der Waals surface area contributed by atoms with Gasteiger partial charge in [0.2, 0.25) is 5.91 Å². The molecule has 1 heterocycles. The van der Waals surface area contributed by atoms with Gasteiger partial charge in [0.05, 0.1) is 11.6 Å². The first-order valence-corrected chi connectivity index (χ1v) is 12.6. The largest absolute Gasteiger partial charge is 0.328 e. The summed E-state index contributed by atoms with van der Waals surface area (Å²) < 4.78 is 0. The predicted molar refractivity (Wildman–Crippen MR) is 134 cm³/mol. The van der Waals surface area contributed by atoms with Gasteiger partial charge in [-0.05, 0) is 50.3 Å². The summed E-state index contributed by atoms with van der Waals surface area (Å²) in [6, 6.07) is 14.9. The minimum Gasteiger partial charge on any atom is -0.328 e. The number of nitrogens with one attached hydrogen (secondary N) is 1. The van der Waals surface area contributed by atoms with Crippen molar-refractivity contribution in [2.75, 3.05) is 5.01 Å². The minimum atomic E-state index is -0.664. The maximum absolute atomic E-state index is 13.6. The predicted octanol–water partition coefficient (Wildman–Crippen LogP) is 5.18. The third kappa shape index (κ3) is 4.59. The fraction of sp³-hybridized carbons (Fsp3) is 0.464. The smallest absolute Gasteiger partial charge is 0.261 e. The molecule has 180 valence electrons. The maximum Gasteiger partial charge on any atom is 0.261 e. The van der Waals surface area contributed by atoms with Crippen LogP contribution in [0, 0.1) is 0 Å². The van der Waals surface area contributed by atoms with E-state index in [2.05, 4.69) is 5.43 Å². The molecule has 4 rings (SSSR count). The van der Waals surface area contributed by atoms with Gasteiger partial charge in [0, 0.05) is 18.0 Å². The molecule has 6 heteroatoms. The highest BCUT2D eigenvalue weighted by atomic mass is 16.2. The van der Waals surface area contributed by atoms with Gasteiger partial charge in [-0.3, -0.25) is 19.8 Å². The van der Waals surface area contributed by atoms with Gasteiger partial charge < -0.3 is 4.90 Å². The first kappa shape index (κ1) is 24.0. The number of carbonyl (C=O) groups is 3. The molecule has 1 N–H and O–H groups in total. The van der Waals surface area contributed by atoms with Crippen molar-refractivity contribution in [1.29, 1.82) is 0 Å². The fourth-order valence-electron chi connectivity index (χ4n) is 5.34. The maximum atomic E-state index is 13.6. The van der Waals surface area contributed by atoms with E-state index in [0.717, 1.165) is 48.8 Å². The normalized spacial score (nSPS) is 19.0. The van der Waals surface area contributed by atoms with Gasteiger partial charge in [0.15, 0.2) is 0 Å². The van der Waals surface area contributed by atoms with Crippen molar-refractivity contribution in [3.05, 3.63) is 54.1 Å². The van der Waals surface area contributed by atoms with E-state index in [4.69, 9.17) is 0 Å². The summed E-state index contributed by atoms with van der Waals surface area (Å²) in [7, 11) is 0. The lowest BCUT2D eigenvalue weighted by atomic mass is 9.92. The molecule has 34 heavy (non-hydrogen) atoms. The number of hydrazine groups is 1. The molecular formula is C28H35N3O3. The van der Waals surface area contributed by atoms with Crippen LogP contribution < -0.4 is 10.4 Å². The Morgan fingerprint density at radius 2 is 1.68 bits per heavy atom. The summed E-state index contributed by atoms with van der Waals surface area (Å²) in [5.41, 5.74) is 6.37. The minimum absolute atomic E-state index is 0.0143. The number of rotatable bonds is 6. The molecule has 0 radical (unpaired) electrons. The van der Waals surface area contributed by atoms with Crippen molar-refractivity contribution < 1.29 is 14.4 Å². The van der Waals surface area contributed by atoms with Crippen LogP contribution in [0.4, 0.5) is 5.69 Å². The lowest BCUT2D eigenvalue weighted by Gasteiger charge is -2.39. The van der Waals surface area contributed by atoms with Crippen molar-refractivity contribution in [3.8, 4) is 11.1 Å². The SMILES string of the molecule is CCCC(=O)N(C1CCCCC1)[C@@H](C)C(=O)NN1C(=O)C(C)c2ccccc2-c2ccccc21. The van der Waals surface area contributed by atoms with E-state index in [1.807, 2.05) is 62.4 Å². The molecule has 2 aromatic carbocycles. The van der Waals surface area contributed by atoms with E-state index in [1.54, 1.807) is 11.8 Å². The van der Waals surface area contributed by atoms with Crippen LogP contribution in [0.2, 0.25) is 0 Å². The highest BCUT2D eigenvalue weighted by Crippen LogP contribution is 2.40. The Morgan fingerprint density at radius 1 is 1.03 bits per heavy atom. The third-order valence-electron chi connectivity index (χ3n) is 7.19. The summed E-state index contributed by atoms with van der Waals surface area (Å²) in [6.07, 6.45) is 6.32.